The molecule has 2 N–H and O–H groups in total. The second-order valence-electron chi connectivity index (χ2n) is 5.85. The minimum absolute atomic E-state index is 0.398. The van der Waals surface area contributed by atoms with Crippen LogP contribution >= 0.6 is 11.3 Å². The lowest BCUT2D eigenvalue weighted by Gasteiger charge is -2.25. The molecule has 1 saturated heterocycles. The highest BCUT2D eigenvalue weighted by Crippen LogP contribution is 2.09. The summed E-state index contributed by atoms with van der Waals surface area (Å²) in [5.74, 6) is 2.57. The first-order valence-corrected chi connectivity index (χ1v) is 9.10. The van der Waals surface area contributed by atoms with Gasteiger partial charge in [-0.2, -0.15) is 0 Å². The smallest absolute Gasteiger partial charge is 0.192 e. The van der Waals surface area contributed by atoms with Gasteiger partial charge in [-0.05, 0) is 31.2 Å². The summed E-state index contributed by atoms with van der Waals surface area (Å²) in [6, 6.07) is 4.58. The molecule has 2 aromatic heterocycles. The number of thiophene rings is 1. The molecule has 0 saturated carbocycles. The Morgan fingerprint density at radius 3 is 2.92 bits per heavy atom. The summed E-state index contributed by atoms with van der Waals surface area (Å²) in [7, 11) is 1.96. The number of ether oxygens (including phenoxy) is 1. The Balaban J connectivity index is 1.65. The number of aromatic nitrogens is 3. The summed E-state index contributed by atoms with van der Waals surface area (Å²) >= 11 is 1.74. The first kappa shape index (κ1) is 16.9. The number of aliphatic imine (C=N–C) groups is 1. The van der Waals surface area contributed by atoms with Gasteiger partial charge in [0.25, 0.3) is 0 Å². The van der Waals surface area contributed by atoms with Gasteiger partial charge in [-0.1, -0.05) is 6.07 Å². The SMILES string of the molecule is Cc1nnc(CN=C(NCc2cccs2)NC2CCOCC2)n1C. The lowest BCUT2D eigenvalue weighted by atomic mass is 10.1. The maximum atomic E-state index is 5.43. The fourth-order valence-corrected chi connectivity index (χ4v) is 3.15. The molecule has 7 nitrogen and oxygen atoms in total. The average molecular weight is 348 g/mol. The number of aryl methyl sites for hydroxylation is 1. The second kappa shape index (κ2) is 8.25. The molecule has 0 aliphatic carbocycles. The van der Waals surface area contributed by atoms with Gasteiger partial charge in [-0.25, -0.2) is 4.99 Å². The van der Waals surface area contributed by atoms with Crippen molar-refractivity contribution in [2.45, 2.75) is 38.9 Å². The molecule has 1 aliphatic heterocycles. The maximum absolute atomic E-state index is 5.43. The molecule has 0 atom stereocenters. The third-order valence-corrected chi connectivity index (χ3v) is 5.01. The summed E-state index contributed by atoms with van der Waals surface area (Å²) in [4.78, 5) is 5.98. The molecule has 0 aromatic carbocycles. The largest absolute Gasteiger partial charge is 0.381 e. The zero-order valence-electron chi connectivity index (χ0n) is 14.2. The van der Waals surface area contributed by atoms with Crippen LogP contribution in [0.15, 0.2) is 22.5 Å². The summed E-state index contributed by atoms with van der Waals surface area (Å²) < 4.78 is 7.39. The van der Waals surface area contributed by atoms with Crippen molar-refractivity contribution in [1.82, 2.24) is 25.4 Å². The summed E-state index contributed by atoms with van der Waals surface area (Å²) in [5, 5.41) is 17.3. The van der Waals surface area contributed by atoms with Crippen LogP contribution in [0.1, 0.15) is 29.4 Å². The van der Waals surface area contributed by atoms with Gasteiger partial charge in [-0.3, -0.25) is 0 Å². The minimum Gasteiger partial charge on any atom is -0.381 e. The van der Waals surface area contributed by atoms with Crippen LogP contribution in [0.4, 0.5) is 0 Å². The molecule has 3 heterocycles. The number of nitrogens with zero attached hydrogens (tertiary/aromatic N) is 4. The van der Waals surface area contributed by atoms with Crippen LogP contribution in [0.2, 0.25) is 0 Å². The zero-order valence-corrected chi connectivity index (χ0v) is 15.0. The Morgan fingerprint density at radius 1 is 1.42 bits per heavy atom. The quantitative estimate of drug-likeness (QED) is 0.634. The zero-order chi connectivity index (χ0) is 16.8. The average Bonchev–Trinajstić information content (AvgIpc) is 3.23. The standard InChI is InChI=1S/C16H24N6OS/c1-12-20-21-15(22(12)2)11-18-16(17-10-14-4-3-9-24-14)19-13-5-7-23-8-6-13/h3-4,9,13H,5-8,10-11H2,1-2H3,(H2,17,18,19). The van der Waals surface area contributed by atoms with Crippen molar-refractivity contribution < 1.29 is 4.74 Å². The fraction of sp³-hybridized carbons (Fsp3) is 0.562. The van der Waals surface area contributed by atoms with Crippen LogP contribution in [-0.4, -0.2) is 40.0 Å². The molecular weight excluding hydrogens is 324 g/mol. The predicted octanol–water partition coefficient (Wildman–Crippen LogP) is 1.60. The predicted molar refractivity (Wildman–Crippen MR) is 95.0 cm³/mol. The lowest BCUT2D eigenvalue weighted by Crippen LogP contribution is -2.45. The molecule has 0 unspecified atom stereocenters. The van der Waals surface area contributed by atoms with Gasteiger partial charge in [0.2, 0.25) is 0 Å². The van der Waals surface area contributed by atoms with E-state index in [1.54, 1.807) is 11.3 Å². The van der Waals surface area contributed by atoms with E-state index in [0.717, 1.165) is 50.2 Å². The third-order valence-electron chi connectivity index (χ3n) is 4.13. The van der Waals surface area contributed by atoms with Crippen molar-refractivity contribution in [2.75, 3.05) is 13.2 Å². The third kappa shape index (κ3) is 4.55. The molecule has 0 radical (unpaired) electrons. The summed E-state index contributed by atoms with van der Waals surface area (Å²) in [5.41, 5.74) is 0. The monoisotopic (exact) mass is 348 g/mol. The van der Waals surface area contributed by atoms with Crippen LogP contribution in [0.3, 0.4) is 0 Å². The topological polar surface area (TPSA) is 76.4 Å². The van der Waals surface area contributed by atoms with Gasteiger partial charge in [0.15, 0.2) is 11.8 Å². The Morgan fingerprint density at radius 2 is 2.25 bits per heavy atom. The number of hydrogen-bond donors (Lipinski definition) is 2. The van der Waals surface area contributed by atoms with Crippen LogP contribution in [0.5, 0.6) is 0 Å². The van der Waals surface area contributed by atoms with E-state index in [2.05, 4.69) is 38.3 Å². The summed E-state index contributed by atoms with van der Waals surface area (Å²) in [6.45, 7) is 4.82. The van der Waals surface area contributed by atoms with Crippen molar-refractivity contribution in [3.8, 4) is 0 Å². The molecule has 8 heteroatoms. The normalized spacial score (nSPS) is 16.3. The molecule has 0 bridgehead atoms. The Bertz CT molecular complexity index is 660. The lowest BCUT2D eigenvalue weighted by molar-refractivity contribution is 0.0822. The van der Waals surface area contributed by atoms with E-state index in [-0.39, 0.29) is 0 Å². The van der Waals surface area contributed by atoms with Gasteiger partial charge < -0.3 is 19.9 Å². The molecule has 1 fully saturated rings. The number of hydrogen-bond acceptors (Lipinski definition) is 5. The van der Waals surface area contributed by atoms with Gasteiger partial charge in [0, 0.05) is 31.2 Å². The number of rotatable bonds is 5. The highest BCUT2D eigenvalue weighted by molar-refractivity contribution is 7.09. The van der Waals surface area contributed by atoms with Crippen LogP contribution in [0, 0.1) is 6.92 Å². The van der Waals surface area contributed by atoms with E-state index < -0.39 is 0 Å². The molecule has 2 aromatic rings. The van der Waals surface area contributed by atoms with Crippen molar-refractivity contribution in [2.24, 2.45) is 12.0 Å². The van der Waals surface area contributed by atoms with Gasteiger partial charge in [0.05, 0.1) is 6.54 Å². The van der Waals surface area contributed by atoms with E-state index in [4.69, 9.17) is 9.73 Å². The van der Waals surface area contributed by atoms with Gasteiger partial charge in [0.1, 0.15) is 12.4 Å². The van der Waals surface area contributed by atoms with Crippen LogP contribution in [-0.2, 0) is 24.9 Å². The highest BCUT2D eigenvalue weighted by Gasteiger charge is 2.15. The maximum Gasteiger partial charge on any atom is 0.192 e. The molecule has 3 rings (SSSR count). The second-order valence-corrected chi connectivity index (χ2v) is 6.88. The van der Waals surface area contributed by atoms with Crippen molar-refractivity contribution in [3.63, 3.8) is 0 Å². The van der Waals surface area contributed by atoms with Crippen LogP contribution < -0.4 is 10.6 Å². The van der Waals surface area contributed by atoms with Gasteiger partial charge in [-0.15, -0.1) is 21.5 Å². The molecule has 130 valence electrons. The first-order valence-electron chi connectivity index (χ1n) is 8.22. The van der Waals surface area contributed by atoms with Crippen LogP contribution in [0.25, 0.3) is 0 Å². The fourth-order valence-electron chi connectivity index (χ4n) is 2.51. The van der Waals surface area contributed by atoms with Crippen molar-refractivity contribution in [3.05, 3.63) is 34.0 Å². The first-order chi connectivity index (χ1) is 11.7. The highest BCUT2D eigenvalue weighted by atomic mass is 32.1. The molecule has 1 aliphatic rings. The van der Waals surface area contributed by atoms with Crippen molar-refractivity contribution in [1.29, 1.82) is 0 Å². The van der Waals surface area contributed by atoms with E-state index in [1.165, 1.54) is 4.88 Å². The Kier molecular flexibility index (Phi) is 5.81. The number of nitrogens with one attached hydrogen (secondary N) is 2. The molecule has 24 heavy (non-hydrogen) atoms. The molecular formula is C16H24N6OS. The minimum atomic E-state index is 0.398. The van der Waals surface area contributed by atoms with E-state index >= 15 is 0 Å². The van der Waals surface area contributed by atoms with E-state index in [9.17, 15) is 0 Å². The van der Waals surface area contributed by atoms with Crippen molar-refractivity contribution >= 4 is 17.3 Å². The van der Waals surface area contributed by atoms with E-state index in [1.807, 2.05) is 18.5 Å². The molecule has 0 amide bonds. The number of guanidine groups is 1. The Hall–Kier alpha value is -1.93. The Labute approximate surface area is 146 Å². The molecule has 0 spiro atoms. The van der Waals surface area contributed by atoms with Gasteiger partial charge >= 0.3 is 0 Å². The summed E-state index contributed by atoms with van der Waals surface area (Å²) in [6.07, 6.45) is 2.01. The van der Waals surface area contributed by atoms with E-state index in [0.29, 0.717) is 12.6 Å².